The van der Waals surface area contributed by atoms with Crippen molar-refractivity contribution in [1.29, 1.82) is 0 Å². The van der Waals surface area contributed by atoms with Crippen molar-refractivity contribution < 1.29 is 14.5 Å². The molecule has 1 fully saturated rings. The normalized spacial score (nSPS) is 17.5. The van der Waals surface area contributed by atoms with Crippen LogP contribution in [0.15, 0.2) is 48.5 Å². The van der Waals surface area contributed by atoms with E-state index in [1.165, 1.54) is 12.1 Å². The molecule has 0 bridgehead atoms. The number of hydrogen-bond acceptors (Lipinski definition) is 8. The number of nitro benzene ring substituents is 1. The van der Waals surface area contributed by atoms with Crippen LogP contribution in [0, 0.1) is 16.0 Å². The number of ether oxygens (including phenoxy) is 1. The Balaban J connectivity index is 1.21. The lowest BCUT2D eigenvalue weighted by Gasteiger charge is -2.29. The molecule has 184 valence electrons. The van der Waals surface area contributed by atoms with Gasteiger partial charge in [0.05, 0.1) is 10.4 Å². The number of benzene rings is 2. The largest absolute Gasteiger partial charge is 0.445 e. The molecule has 0 spiro atoms. The van der Waals surface area contributed by atoms with Gasteiger partial charge in [0.15, 0.2) is 0 Å². The van der Waals surface area contributed by atoms with Crippen molar-refractivity contribution in [3.05, 3.63) is 64.2 Å². The second-order valence-corrected chi connectivity index (χ2v) is 9.02. The number of aromatic nitrogens is 2. The summed E-state index contributed by atoms with van der Waals surface area (Å²) in [5, 5.41) is 18.1. The monoisotopic (exact) mass is 478 g/mol. The van der Waals surface area contributed by atoms with Crippen molar-refractivity contribution in [2.24, 2.45) is 5.92 Å². The van der Waals surface area contributed by atoms with Gasteiger partial charge in [-0.2, -0.15) is 4.98 Å². The maximum absolute atomic E-state index is 12.1. The Bertz CT molecular complexity index is 1180. The van der Waals surface area contributed by atoms with Crippen LogP contribution in [0.2, 0.25) is 0 Å². The SMILES string of the molecule is CN(C)c1nc(NC2CCC(CNC(=O)OCc3ccc([N+](=O)[O-])cc3)CC2)nc2ccccc12. The highest BCUT2D eigenvalue weighted by Crippen LogP contribution is 2.28. The maximum atomic E-state index is 12.1. The quantitative estimate of drug-likeness (QED) is 0.358. The Kier molecular flexibility index (Phi) is 7.59. The number of hydrogen-bond donors (Lipinski definition) is 2. The van der Waals surface area contributed by atoms with Crippen molar-refractivity contribution in [2.45, 2.75) is 38.3 Å². The van der Waals surface area contributed by atoms with E-state index in [0.29, 0.717) is 24.0 Å². The molecule has 1 saturated carbocycles. The molecule has 0 aliphatic heterocycles. The number of amides is 1. The molecule has 1 amide bonds. The van der Waals surface area contributed by atoms with Gasteiger partial charge in [-0.3, -0.25) is 10.1 Å². The fourth-order valence-electron chi connectivity index (χ4n) is 4.30. The molecule has 0 saturated heterocycles. The van der Waals surface area contributed by atoms with Crippen LogP contribution in [0.1, 0.15) is 31.2 Å². The molecule has 2 aromatic carbocycles. The molecule has 1 aliphatic rings. The number of nitro groups is 1. The van der Waals surface area contributed by atoms with Gasteiger partial charge in [0, 0.05) is 44.2 Å². The number of anilines is 2. The van der Waals surface area contributed by atoms with Crippen molar-refractivity contribution in [3.63, 3.8) is 0 Å². The van der Waals surface area contributed by atoms with Gasteiger partial charge in [0.25, 0.3) is 5.69 Å². The van der Waals surface area contributed by atoms with E-state index in [-0.39, 0.29) is 18.3 Å². The smallest absolute Gasteiger partial charge is 0.407 e. The van der Waals surface area contributed by atoms with Crippen LogP contribution in [0.4, 0.5) is 22.2 Å². The molecule has 10 nitrogen and oxygen atoms in total. The van der Waals surface area contributed by atoms with Crippen LogP contribution in [0.25, 0.3) is 10.9 Å². The number of para-hydroxylation sites is 1. The second kappa shape index (κ2) is 11.0. The second-order valence-electron chi connectivity index (χ2n) is 9.02. The van der Waals surface area contributed by atoms with Gasteiger partial charge in [0.2, 0.25) is 5.95 Å². The number of nitrogens with one attached hydrogen (secondary N) is 2. The van der Waals surface area contributed by atoms with Crippen LogP contribution < -0.4 is 15.5 Å². The van der Waals surface area contributed by atoms with Crippen LogP contribution in [-0.2, 0) is 11.3 Å². The molecule has 0 radical (unpaired) electrons. The van der Waals surface area contributed by atoms with Gasteiger partial charge >= 0.3 is 6.09 Å². The Morgan fingerprint density at radius 1 is 1.09 bits per heavy atom. The third kappa shape index (κ3) is 6.34. The maximum Gasteiger partial charge on any atom is 0.407 e. The van der Waals surface area contributed by atoms with E-state index in [0.717, 1.165) is 42.4 Å². The summed E-state index contributed by atoms with van der Waals surface area (Å²) in [5.74, 6) is 1.92. The fourth-order valence-corrected chi connectivity index (χ4v) is 4.30. The molecular weight excluding hydrogens is 448 g/mol. The number of carbonyl (C=O) groups excluding carboxylic acids is 1. The summed E-state index contributed by atoms with van der Waals surface area (Å²) in [5.41, 5.74) is 1.62. The lowest BCUT2D eigenvalue weighted by molar-refractivity contribution is -0.384. The zero-order valence-corrected chi connectivity index (χ0v) is 19.9. The molecule has 0 atom stereocenters. The summed E-state index contributed by atoms with van der Waals surface area (Å²) < 4.78 is 5.23. The Morgan fingerprint density at radius 3 is 2.49 bits per heavy atom. The molecule has 35 heavy (non-hydrogen) atoms. The summed E-state index contributed by atoms with van der Waals surface area (Å²) in [6.07, 6.45) is 3.42. The van der Waals surface area contributed by atoms with E-state index in [1.54, 1.807) is 12.1 Å². The molecule has 4 rings (SSSR count). The summed E-state index contributed by atoms with van der Waals surface area (Å²) in [6, 6.07) is 14.3. The summed E-state index contributed by atoms with van der Waals surface area (Å²) in [7, 11) is 3.96. The molecule has 1 heterocycles. The van der Waals surface area contributed by atoms with Crippen LogP contribution in [0.5, 0.6) is 0 Å². The average molecular weight is 479 g/mol. The number of nitrogens with zero attached hydrogens (tertiary/aromatic N) is 4. The highest BCUT2D eigenvalue weighted by molar-refractivity contribution is 5.90. The zero-order chi connectivity index (χ0) is 24.8. The van der Waals surface area contributed by atoms with E-state index in [2.05, 4.69) is 10.6 Å². The van der Waals surface area contributed by atoms with Gasteiger partial charge in [-0.25, -0.2) is 9.78 Å². The summed E-state index contributed by atoms with van der Waals surface area (Å²) in [4.78, 5) is 33.7. The van der Waals surface area contributed by atoms with Gasteiger partial charge in [0.1, 0.15) is 12.4 Å². The Hall–Kier alpha value is -3.95. The number of rotatable bonds is 8. The van der Waals surface area contributed by atoms with Crippen molar-refractivity contribution in [3.8, 4) is 0 Å². The minimum Gasteiger partial charge on any atom is -0.445 e. The van der Waals surface area contributed by atoms with Crippen LogP contribution in [0.3, 0.4) is 0 Å². The Morgan fingerprint density at radius 2 is 1.80 bits per heavy atom. The third-order valence-electron chi connectivity index (χ3n) is 6.24. The van der Waals surface area contributed by atoms with Crippen LogP contribution >= 0.6 is 0 Å². The van der Waals surface area contributed by atoms with E-state index >= 15 is 0 Å². The predicted molar refractivity (Wildman–Crippen MR) is 135 cm³/mol. The molecule has 1 aromatic heterocycles. The van der Waals surface area contributed by atoms with E-state index in [1.807, 2.05) is 43.3 Å². The number of alkyl carbamates (subject to hydrolysis) is 1. The standard InChI is InChI=1S/C25H30N6O4/c1-30(2)23-21-5-3-4-6-22(21)28-24(29-23)27-19-11-7-17(8-12-19)15-26-25(32)35-16-18-9-13-20(14-10-18)31(33)34/h3-6,9-10,13-14,17,19H,7-8,11-12,15-16H2,1-2H3,(H,26,32)(H,27,28,29). The average Bonchev–Trinajstić information content (AvgIpc) is 2.86. The lowest BCUT2D eigenvalue weighted by Crippen LogP contribution is -2.34. The van der Waals surface area contributed by atoms with Gasteiger partial charge in [-0.05, 0) is 61.4 Å². The molecule has 1 aliphatic carbocycles. The molecule has 3 aromatic rings. The van der Waals surface area contributed by atoms with Crippen molar-refractivity contribution >= 4 is 34.4 Å². The van der Waals surface area contributed by atoms with Gasteiger partial charge < -0.3 is 20.3 Å². The molecule has 0 unspecified atom stereocenters. The van der Waals surface area contributed by atoms with E-state index in [9.17, 15) is 14.9 Å². The molecule has 10 heteroatoms. The minimum atomic E-state index is -0.482. The molecular formula is C25H30N6O4. The first-order chi connectivity index (χ1) is 16.9. The minimum absolute atomic E-state index is 0.00797. The fraction of sp³-hybridized carbons (Fsp3) is 0.400. The number of carbonyl (C=O) groups is 1. The first kappa shape index (κ1) is 24.2. The summed E-state index contributed by atoms with van der Waals surface area (Å²) in [6.45, 7) is 0.629. The van der Waals surface area contributed by atoms with E-state index < -0.39 is 11.0 Å². The van der Waals surface area contributed by atoms with Gasteiger partial charge in [-0.1, -0.05) is 12.1 Å². The number of non-ortho nitro benzene ring substituents is 1. The molecule has 2 N–H and O–H groups in total. The lowest BCUT2D eigenvalue weighted by atomic mass is 9.86. The highest BCUT2D eigenvalue weighted by Gasteiger charge is 2.23. The predicted octanol–water partition coefficient (Wildman–Crippen LogP) is 4.50. The number of fused-ring (bicyclic) bond motifs is 1. The highest BCUT2D eigenvalue weighted by atomic mass is 16.6. The third-order valence-corrected chi connectivity index (χ3v) is 6.24. The van der Waals surface area contributed by atoms with Crippen molar-refractivity contribution in [2.75, 3.05) is 30.9 Å². The van der Waals surface area contributed by atoms with E-state index in [4.69, 9.17) is 14.7 Å². The summed E-state index contributed by atoms with van der Waals surface area (Å²) >= 11 is 0. The van der Waals surface area contributed by atoms with Crippen molar-refractivity contribution in [1.82, 2.24) is 15.3 Å². The zero-order valence-electron chi connectivity index (χ0n) is 19.9. The first-order valence-corrected chi connectivity index (χ1v) is 11.7. The first-order valence-electron chi connectivity index (χ1n) is 11.7. The van der Waals surface area contributed by atoms with Crippen LogP contribution in [-0.4, -0.2) is 47.7 Å². The Labute approximate surface area is 203 Å². The topological polar surface area (TPSA) is 123 Å². The van der Waals surface area contributed by atoms with Gasteiger partial charge in [-0.15, -0.1) is 0 Å².